The molecule has 0 aliphatic rings. The molecule has 0 bridgehead atoms. The monoisotopic (exact) mass is 171 g/mol. The van der Waals surface area contributed by atoms with E-state index < -0.39 is 0 Å². The summed E-state index contributed by atoms with van der Waals surface area (Å²) in [6.07, 6.45) is 2.62. The molecule has 12 heavy (non-hydrogen) atoms. The van der Waals surface area contributed by atoms with Crippen LogP contribution < -0.4 is 0 Å². The summed E-state index contributed by atoms with van der Waals surface area (Å²) >= 11 is 0. The van der Waals surface area contributed by atoms with Gasteiger partial charge in [0.15, 0.2) is 0 Å². The molecular formula is C11H25N. The molecule has 0 N–H and O–H groups in total. The lowest BCUT2D eigenvalue weighted by Gasteiger charge is -2.21. The Hall–Kier alpha value is -0.0400. The minimum atomic E-state index is 0.843. The Kier molecular flexibility index (Phi) is 6.45. The van der Waals surface area contributed by atoms with Gasteiger partial charge in [0.1, 0.15) is 0 Å². The van der Waals surface area contributed by atoms with Gasteiger partial charge in [-0.1, -0.05) is 27.7 Å². The lowest BCUT2D eigenvalue weighted by atomic mass is 9.98. The second-order valence-corrected chi connectivity index (χ2v) is 4.50. The number of rotatable bonds is 6. The van der Waals surface area contributed by atoms with Crippen LogP contribution in [0.3, 0.4) is 0 Å². The van der Waals surface area contributed by atoms with Crippen LogP contribution in [0.1, 0.15) is 40.5 Å². The molecule has 0 saturated heterocycles. The van der Waals surface area contributed by atoms with Gasteiger partial charge < -0.3 is 4.90 Å². The quantitative estimate of drug-likeness (QED) is 0.594. The number of nitrogens with zero attached hydrogens (tertiary/aromatic N) is 1. The van der Waals surface area contributed by atoms with E-state index >= 15 is 0 Å². The molecule has 0 fully saturated rings. The molecule has 0 rings (SSSR count). The van der Waals surface area contributed by atoms with Crippen molar-refractivity contribution < 1.29 is 0 Å². The first-order chi connectivity index (χ1) is 5.56. The molecule has 0 aromatic rings. The highest BCUT2D eigenvalue weighted by Crippen LogP contribution is 2.11. The summed E-state index contributed by atoms with van der Waals surface area (Å²) in [5.41, 5.74) is 0. The summed E-state index contributed by atoms with van der Waals surface area (Å²) < 4.78 is 0. The van der Waals surface area contributed by atoms with E-state index in [2.05, 4.69) is 39.6 Å². The van der Waals surface area contributed by atoms with Crippen LogP contribution in [0.15, 0.2) is 0 Å². The summed E-state index contributed by atoms with van der Waals surface area (Å²) in [5, 5.41) is 0. The summed E-state index contributed by atoms with van der Waals surface area (Å²) in [6, 6.07) is 0. The Bertz CT molecular complexity index is 99.2. The van der Waals surface area contributed by atoms with Crippen molar-refractivity contribution in [3.05, 3.63) is 0 Å². The van der Waals surface area contributed by atoms with E-state index in [0.717, 1.165) is 11.8 Å². The van der Waals surface area contributed by atoms with Crippen LogP contribution in [0.25, 0.3) is 0 Å². The highest BCUT2D eigenvalue weighted by atomic mass is 15.1. The number of hydrogen-bond acceptors (Lipinski definition) is 1. The van der Waals surface area contributed by atoms with Gasteiger partial charge in [0.25, 0.3) is 0 Å². The summed E-state index contributed by atoms with van der Waals surface area (Å²) in [7, 11) is 2.22. The SMILES string of the molecule is CCCN(C)CC(C)CC(C)C. The van der Waals surface area contributed by atoms with Crippen LogP contribution in [-0.4, -0.2) is 25.0 Å². The van der Waals surface area contributed by atoms with Crippen molar-refractivity contribution in [2.45, 2.75) is 40.5 Å². The van der Waals surface area contributed by atoms with Crippen LogP contribution in [0.2, 0.25) is 0 Å². The maximum absolute atomic E-state index is 2.44. The van der Waals surface area contributed by atoms with Gasteiger partial charge in [0.05, 0.1) is 0 Å². The average Bonchev–Trinajstić information content (AvgIpc) is 1.84. The van der Waals surface area contributed by atoms with Crippen molar-refractivity contribution in [1.29, 1.82) is 0 Å². The molecule has 1 atom stereocenters. The molecular weight excluding hydrogens is 146 g/mol. The highest BCUT2D eigenvalue weighted by Gasteiger charge is 2.07. The van der Waals surface area contributed by atoms with Crippen LogP contribution >= 0.6 is 0 Å². The Morgan fingerprint density at radius 3 is 2.17 bits per heavy atom. The van der Waals surface area contributed by atoms with E-state index in [4.69, 9.17) is 0 Å². The fraction of sp³-hybridized carbons (Fsp3) is 1.00. The largest absolute Gasteiger partial charge is 0.306 e. The van der Waals surface area contributed by atoms with Crippen molar-refractivity contribution in [3.63, 3.8) is 0 Å². The topological polar surface area (TPSA) is 3.24 Å². The van der Waals surface area contributed by atoms with Gasteiger partial charge in [-0.15, -0.1) is 0 Å². The predicted molar refractivity (Wildman–Crippen MR) is 56.4 cm³/mol. The molecule has 1 heteroatoms. The minimum Gasteiger partial charge on any atom is -0.306 e. The molecule has 0 amide bonds. The molecule has 1 unspecified atom stereocenters. The zero-order chi connectivity index (χ0) is 9.56. The third-order valence-corrected chi connectivity index (χ3v) is 2.10. The minimum absolute atomic E-state index is 0.843. The predicted octanol–water partition coefficient (Wildman–Crippen LogP) is 3.01. The van der Waals surface area contributed by atoms with Crippen LogP contribution in [0.5, 0.6) is 0 Å². The van der Waals surface area contributed by atoms with Gasteiger partial charge in [-0.25, -0.2) is 0 Å². The molecule has 0 saturated carbocycles. The number of hydrogen-bond donors (Lipinski definition) is 0. The van der Waals surface area contributed by atoms with E-state index in [-0.39, 0.29) is 0 Å². The van der Waals surface area contributed by atoms with Crippen LogP contribution in [0.4, 0.5) is 0 Å². The van der Waals surface area contributed by atoms with E-state index in [0.29, 0.717) is 0 Å². The van der Waals surface area contributed by atoms with Gasteiger partial charge >= 0.3 is 0 Å². The molecule has 0 radical (unpaired) electrons. The first-order valence-corrected chi connectivity index (χ1v) is 5.24. The van der Waals surface area contributed by atoms with Gasteiger partial charge in [-0.3, -0.25) is 0 Å². The third-order valence-electron chi connectivity index (χ3n) is 2.10. The Labute approximate surface area is 78.1 Å². The molecule has 0 heterocycles. The Balaban J connectivity index is 3.46. The van der Waals surface area contributed by atoms with E-state index in [1.807, 2.05) is 0 Å². The summed E-state index contributed by atoms with van der Waals surface area (Å²) in [6.45, 7) is 11.7. The van der Waals surface area contributed by atoms with Crippen LogP contribution in [-0.2, 0) is 0 Å². The molecule has 0 aliphatic heterocycles. The summed E-state index contributed by atoms with van der Waals surface area (Å²) in [4.78, 5) is 2.44. The Morgan fingerprint density at radius 1 is 1.17 bits per heavy atom. The second-order valence-electron chi connectivity index (χ2n) is 4.50. The fourth-order valence-corrected chi connectivity index (χ4v) is 1.88. The third kappa shape index (κ3) is 6.66. The zero-order valence-electron chi connectivity index (χ0n) is 9.43. The summed E-state index contributed by atoms with van der Waals surface area (Å²) in [5.74, 6) is 1.69. The molecule has 74 valence electrons. The molecule has 0 spiro atoms. The highest BCUT2D eigenvalue weighted by molar-refractivity contribution is 4.60. The first-order valence-electron chi connectivity index (χ1n) is 5.24. The zero-order valence-corrected chi connectivity index (χ0v) is 9.43. The van der Waals surface area contributed by atoms with Gasteiger partial charge in [0, 0.05) is 6.54 Å². The van der Waals surface area contributed by atoms with E-state index in [1.165, 1.54) is 25.9 Å². The van der Waals surface area contributed by atoms with Crippen molar-refractivity contribution in [1.82, 2.24) is 4.90 Å². The maximum atomic E-state index is 2.44. The smallest absolute Gasteiger partial charge is 0.000406 e. The lowest BCUT2D eigenvalue weighted by molar-refractivity contribution is 0.265. The molecule has 1 nitrogen and oxygen atoms in total. The van der Waals surface area contributed by atoms with Crippen molar-refractivity contribution >= 4 is 0 Å². The van der Waals surface area contributed by atoms with E-state index in [1.54, 1.807) is 0 Å². The van der Waals surface area contributed by atoms with Gasteiger partial charge in [0.2, 0.25) is 0 Å². The van der Waals surface area contributed by atoms with E-state index in [9.17, 15) is 0 Å². The standard InChI is InChI=1S/C11H25N/c1-6-7-12(5)9-11(4)8-10(2)3/h10-11H,6-9H2,1-5H3. The van der Waals surface area contributed by atoms with Crippen molar-refractivity contribution in [3.8, 4) is 0 Å². The van der Waals surface area contributed by atoms with Crippen molar-refractivity contribution in [2.75, 3.05) is 20.1 Å². The lowest BCUT2D eigenvalue weighted by Crippen LogP contribution is -2.25. The van der Waals surface area contributed by atoms with Crippen molar-refractivity contribution in [2.24, 2.45) is 11.8 Å². The molecule has 0 aromatic carbocycles. The first kappa shape index (κ1) is 12.0. The van der Waals surface area contributed by atoms with Crippen LogP contribution in [0, 0.1) is 11.8 Å². The molecule has 0 aliphatic carbocycles. The van der Waals surface area contributed by atoms with Gasteiger partial charge in [-0.05, 0) is 38.3 Å². The maximum Gasteiger partial charge on any atom is 0.000406 e. The fourth-order valence-electron chi connectivity index (χ4n) is 1.88. The molecule has 0 aromatic heterocycles. The van der Waals surface area contributed by atoms with Gasteiger partial charge in [-0.2, -0.15) is 0 Å². The second kappa shape index (κ2) is 6.47. The average molecular weight is 171 g/mol. The Morgan fingerprint density at radius 2 is 1.75 bits per heavy atom. The normalized spacial score (nSPS) is 14.2.